The van der Waals surface area contributed by atoms with Crippen molar-refractivity contribution >= 4 is 52.3 Å². The van der Waals surface area contributed by atoms with Gasteiger partial charge in [0.15, 0.2) is 11.6 Å². The van der Waals surface area contributed by atoms with E-state index in [-0.39, 0.29) is 40.0 Å². The molecule has 216 valence electrons. The highest BCUT2D eigenvalue weighted by molar-refractivity contribution is 6.33. The molecule has 0 bridgehead atoms. The molecule has 1 aromatic heterocycles. The van der Waals surface area contributed by atoms with Crippen LogP contribution in [0.2, 0.25) is 5.02 Å². The summed E-state index contributed by atoms with van der Waals surface area (Å²) in [6.07, 6.45) is 2.07. The predicted molar refractivity (Wildman–Crippen MR) is 164 cm³/mol. The molecule has 2 amide bonds. The van der Waals surface area contributed by atoms with Crippen LogP contribution in [0.15, 0.2) is 66.9 Å². The molecule has 0 aliphatic carbocycles. The Hall–Kier alpha value is -4.96. The second-order valence-electron chi connectivity index (χ2n) is 9.48. The largest absolute Gasteiger partial charge is 0.495 e. The summed E-state index contributed by atoms with van der Waals surface area (Å²) in [6.45, 7) is 3.83. The van der Waals surface area contributed by atoms with Gasteiger partial charge in [0.25, 0.3) is 11.8 Å². The summed E-state index contributed by atoms with van der Waals surface area (Å²) >= 11 is 6.36. The number of methoxy groups -OCH3 is 1. The monoisotopic (exact) mass is 586 g/mol. The van der Waals surface area contributed by atoms with Gasteiger partial charge >= 0.3 is 0 Å². The van der Waals surface area contributed by atoms with Gasteiger partial charge in [-0.05, 0) is 53.9 Å². The van der Waals surface area contributed by atoms with E-state index >= 15 is 0 Å². The van der Waals surface area contributed by atoms with E-state index in [9.17, 15) is 14.4 Å². The highest BCUT2D eigenvalue weighted by atomic mass is 35.5. The van der Waals surface area contributed by atoms with Gasteiger partial charge in [0.1, 0.15) is 10.8 Å². The summed E-state index contributed by atoms with van der Waals surface area (Å²) in [4.78, 5) is 46.2. The molecule has 5 N–H and O–H groups in total. The van der Waals surface area contributed by atoms with Crippen molar-refractivity contribution in [3.05, 3.63) is 88.6 Å². The standard InChI is InChI=1S/C31H31ClN6O4/c1-5-17(2)27(39)22-14-25(26(42-4)15-21(22)18-10-12-19(13-11-18)30(41)34-3)37-31-35-16-23(32)29(38-31)36-24-9-7-6-8-20(24)28(33)40/h6-17H,5H2,1-4H3,(H2,33,40)(H,34,41)(H2,35,36,37,38). The third kappa shape index (κ3) is 6.50. The molecule has 3 aromatic carbocycles. The molecule has 0 spiro atoms. The molecule has 0 aliphatic rings. The van der Waals surface area contributed by atoms with Gasteiger partial charge in [-0.25, -0.2) is 4.98 Å². The van der Waals surface area contributed by atoms with Crippen LogP contribution in [0.4, 0.5) is 23.1 Å². The fourth-order valence-corrected chi connectivity index (χ4v) is 4.39. The van der Waals surface area contributed by atoms with Crippen LogP contribution >= 0.6 is 11.6 Å². The molecule has 1 unspecified atom stereocenters. The van der Waals surface area contributed by atoms with E-state index in [4.69, 9.17) is 22.1 Å². The Balaban J connectivity index is 1.75. The van der Waals surface area contributed by atoms with Crippen molar-refractivity contribution < 1.29 is 19.1 Å². The maximum absolute atomic E-state index is 13.6. The highest BCUT2D eigenvalue weighted by Gasteiger charge is 2.22. The molecule has 4 aromatic rings. The van der Waals surface area contributed by atoms with Crippen molar-refractivity contribution in [1.29, 1.82) is 0 Å². The molecule has 10 nitrogen and oxygen atoms in total. The molecule has 0 fully saturated rings. The Morgan fingerprint density at radius 2 is 1.71 bits per heavy atom. The zero-order valence-corrected chi connectivity index (χ0v) is 24.4. The van der Waals surface area contributed by atoms with Crippen molar-refractivity contribution in [2.45, 2.75) is 20.3 Å². The van der Waals surface area contributed by atoms with E-state index in [0.717, 1.165) is 5.56 Å². The number of nitrogens with two attached hydrogens (primary N) is 1. The first-order valence-electron chi connectivity index (χ1n) is 13.2. The number of ketones is 1. The van der Waals surface area contributed by atoms with Crippen molar-refractivity contribution in [2.24, 2.45) is 11.7 Å². The van der Waals surface area contributed by atoms with E-state index in [0.29, 0.717) is 40.2 Å². The highest BCUT2D eigenvalue weighted by Crippen LogP contribution is 2.37. The number of carbonyl (C=O) groups excluding carboxylic acids is 3. The van der Waals surface area contributed by atoms with E-state index in [1.54, 1.807) is 67.7 Å². The number of aromatic nitrogens is 2. The number of primary amides is 1. The maximum Gasteiger partial charge on any atom is 0.251 e. The zero-order chi connectivity index (χ0) is 30.4. The fraction of sp³-hybridized carbons (Fsp3) is 0.194. The van der Waals surface area contributed by atoms with E-state index in [2.05, 4.69) is 25.9 Å². The van der Waals surface area contributed by atoms with E-state index in [1.165, 1.54) is 13.3 Å². The van der Waals surface area contributed by atoms with Crippen LogP contribution in [0.25, 0.3) is 11.1 Å². The van der Waals surface area contributed by atoms with Crippen molar-refractivity contribution in [3.63, 3.8) is 0 Å². The number of halogens is 1. The first-order chi connectivity index (χ1) is 20.2. The van der Waals surface area contributed by atoms with Gasteiger partial charge < -0.3 is 26.4 Å². The number of ether oxygens (including phenoxy) is 1. The van der Waals surface area contributed by atoms with Crippen molar-refractivity contribution in [3.8, 4) is 16.9 Å². The number of anilines is 4. The quantitative estimate of drug-likeness (QED) is 0.157. The molecule has 0 radical (unpaired) electrons. The number of amides is 2. The summed E-state index contributed by atoms with van der Waals surface area (Å²) in [5.74, 6) is -0.239. The van der Waals surface area contributed by atoms with Gasteiger partial charge in [0.05, 0.1) is 30.2 Å². The lowest BCUT2D eigenvalue weighted by atomic mass is 9.89. The number of nitrogens with one attached hydrogen (secondary N) is 3. The first-order valence-corrected chi connectivity index (χ1v) is 13.6. The lowest BCUT2D eigenvalue weighted by Crippen LogP contribution is -2.17. The SMILES string of the molecule is CCC(C)C(=O)c1cc(Nc2ncc(Cl)c(Nc3ccccc3C(N)=O)n2)c(OC)cc1-c1ccc(C(=O)NC)cc1. The van der Waals surface area contributed by atoms with Crippen LogP contribution in [0, 0.1) is 5.92 Å². The maximum atomic E-state index is 13.6. The lowest BCUT2D eigenvalue weighted by molar-refractivity contribution is 0.0925. The predicted octanol–water partition coefficient (Wildman–Crippen LogP) is 5.98. The summed E-state index contributed by atoms with van der Waals surface area (Å²) < 4.78 is 5.69. The summed E-state index contributed by atoms with van der Waals surface area (Å²) in [5, 5.41) is 8.99. The van der Waals surface area contributed by atoms with Crippen molar-refractivity contribution in [1.82, 2.24) is 15.3 Å². The minimum absolute atomic E-state index is 0.0454. The third-order valence-corrected chi connectivity index (χ3v) is 7.06. The normalized spacial score (nSPS) is 11.4. The summed E-state index contributed by atoms with van der Waals surface area (Å²) in [5.41, 5.74) is 9.06. The fourth-order valence-electron chi connectivity index (χ4n) is 4.26. The molecular formula is C31H31ClN6O4. The molecule has 1 atom stereocenters. The van der Waals surface area contributed by atoms with Crippen LogP contribution in [-0.4, -0.2) is 41.7 Å². The smallest absolute Gasteiger partial charge is 0.251 e. The average molecular weight is 587 g/mol. The Bertz CT molecular complexity index is 1640. The number of rotatable bonds is 11. The Labute approximate surface area is 248 Å². The minimum atomic E-state index is -0.603. The van der Waals surface area contributed by atoms with Crippen LogP contribution < -0.4 is 26.4 Å². The summed E-state index contributed by atoms with van der Waals surface area (Å²) in [7, 11) is 3.09. The van der Waals surface area contributed by atoms with E-state index < -0.39 is 5.91 Å². The minimum Gasteiger partial charge on any atom is -0.495 e. The number of hydrogen-bond donors (Lipinski definition) is 4. The molecule has 0 saturated heterocycles. The molecular weight excluding hydrogens is 556 g/mol. The van der Waals surface area contributed by atoms with Crippen LogP contribution in [0.5, 0.6) is 5.75 Å². The number of benzene rings is 3. The van der Waals surface area contributed by atoms with Gasteiger partial charge in [0, 0.05) is 24.1 Å². The molecule has 1 heterocycles. The second kappa shape index (κ2) is 13.1. The lowest BCUT2D eigenvalue weighted by Gasteiger charge is -2.18. The molecule has 4 rings (SSSR count). The molecule has 0 saturated carbocycles. The topological polar surface area (TPSA) is 148 Å². The van der Waals surface area contributed by atoms with Gasteiger partial charge in [-0.1, -0.05) is 49.7 Å². The molecule has 11 heteroatoms. The molecule has 42 heavy (non-hydrogen) atoms. The van der Waals surface area contributed by atoms with Crippen LogP contribution in [0.1, 0.15) is 51.3 Å². The van der Waals surface area contributed by atoms with Crippen molar-refractivity contribution in [2.75, 3.05) is 24.8 Å². The molecule has 0 aliphatic heterocycles. The number of para-hydroxylation sites is 1. The third-order valence-electron chi connectivity index (χ3n) is 6.79. The van der Waals surface area contributed by atoms with E-state index in [1.807, 2.05) is 13.8 Å². The Kier molecular flexibility index (Phi) is 9.39. The van der Waals surface area contributed by atoms with Gasteiger partial charge in [-0.3, -0.25) is 14.4 Å². The second-order valence-corrected chi connectivity index (χ2v) is 9.89. The zero-order valence-electron chi connectivity index (χ0n) is 23.6. The van der Waals surface area contributed by atoms with Crippen LogP contribution in [0.3, 0.4) is 0 Å². The number of carbonyl (C=O) groups is 3. The van der Waals surface area contributed by atoms with Gasteiger partial charge in [0.2, 0.25) is 5.95 Å². The number of Topliss-reactive ketones (excluding diaryl/α,β-unsaturated/α-hetero) is 1. The van der Waals surface area contributed by atoms with Crippen LogP contribution in [-0.2, 0) is 0 Å². The van der Waals surface area contributed by atoms with Gasteiger partial charge in [-0.2, -0.15) is 4.98 Å². The Morgan fingerprint density at radius 1 is 1.00 bits per heavy atom. The number of hydrogen-bond acceptors (Lipinski definition) is 8. The number of nitrogens with zero attached hydrogens (tertiary/aromatic N) is 2. The first kappa shape index (κ1) is 30.0. The summed E-state index contributed by atoms with van der Waals surface area (Å²) in [6, 6.07) is 17.2. The van der Waals surface area contributed by atoms with Gasteiger partial charge in [-0.15, -0.1) is 0 Å². The Morgan fingerprint density at radius 3 is 2.36 bits per heavy atom. The average Bonchev–Trinajstić information content (AvgIpc) is 3.01.